The van der Waals surface area contributed by atoms with E-state index in [9.17, 15) is 18.0 Å². The second-order valence-electron chi connectivity index (χ2n) is 6.16. The molecule has 0 N–H and O–H groups in total. The monoisotopic (exact) mass is 457 g/mol. The molecule has 3 rings (SSSR count). The first-order valence-electron chi connectivity index (χ1n) is 8.62. The van der Waals surface area contributed by atoms with E-state index in [1.807, 2.05) is 0 Å². The van der Waals surface area contributed by atoms with Crippen molar-refractivity contribution < 1.29 is 27.5 Å². The number of esters is 1. The summed E-state index contributed by atoms with van der Waals surface area (Å²) in [4.78, 5) is 24.5. The lowest BCUT2D eigenvalue weighted by Gasteiger charge is -2.26. The van der Waals surface area contributed by atoms with E-state index in [0.717, 1.165) is 6.07 Å². The molecule has 1 aliphatic heterocycles. The summed E-state index contributed by atoms with van der Waals surface area (Å²) >= 11 is 11.8. The predicted octanol–water partition coefficient (Wildman–Crippen LogP) is 3.05. The fraction of sp³-hybridized carbons (Fsp3) is 0.263. The van der Waals surface area contributed by atoms with Crippen LogP contribution in [0.15, 0.2) is 47.4 Å². The van der Waals surface area contributed by atoms with Gasteiger partial charge in [-0.25, -0.2) is 13.2 Å². The van der Waals surface area contributed by atoms with E-state index in [2.05, 4.69) is 0 Å². The maximum absolute atomic E-state index is 12.8. The number of carbonyl (C=O) groups excluding carboxylic acids is 2. The van der Waals surface area contributed by atoms with Gasteiger partial charge in [0.15, 0.2) is 12.4 Å². The number of sulfonamides is 1. The number of morpholine rings is 1. The standard InChI is InChI=1S/C19H17Cl2NO6S/c20-14-3-1-13(2-4-14)18(23)12-28-19(24)16-11-15(5-6-17(16)21)29(25,26)22-7-9-27-10-8-22/h1-6,11H,7-10,12H2. The minimum absolute atomic E-state index is 0.0230. The van der Waals surface area contributed by atoms with E-state index in [1.165, 1.54) is 28.6 Å². The summed E-state index contributed by atoms with van der Waals surface area (Å²) in [5.41, 5.74) is 0.196. The molecule has 0 aliphatic carbocycles. The smallest absolute Gasteiger partial charge is 0.340 e. The number of carbonyl (C=O) groups is 2. The molecule has 1 aliphatic rings. The molecule has 0 bridgehead atoms. The first-order valence-corrected chi connectivity index (χ1v) is 10.8. The van der Waals surface area contributed by atoms with Gasteiger partial charge in [0, 0.05) is 23.7 Å². The number of hydrogen-bond acceptors (Lipinski definition) is 6. The van der Waals surface area contributed by atoms with E-state index in [4.69, 9.17) is 32.7 Å². The number of nitrogens with zero attached hydrogens (tertiary/aromatic N) is 1. The summed E-state index contributed by atoms with van der Waals surface area (Å²) < 4.78 is 37.0. The third kappa shape index (κ3) is 5.15. The SMILES string of the molecule is O=C(COC(=O)c1cc(S(=O)(=O)N2CCOCC2)ccc1Cl)c1ccc(Cl)cc1. The number of ketones is 1. The van der Waals surface area contributed by atoms with Gasteiger partial charge in [0.25, 0.3) is 0 Å². The number of rotatable bonds is 6. The maximum Gasteiger partial charge on any atom is 0.340 e. The van der Waals surface area contributed by atoms with E-state index >= 15 is 0 Å². The quantitative estimate of drug-likeness (QED) is 0.488. The zero-order chi connectivity index (χ0) is 21.0. The molecule has 1 saturated heterocycles. The predicted molar refractivity (Wildman–Crippen MR) is 107 cm³/mol. The minimum atomic E-state index is -3.81. The summed E-state index contributed by atoms with van der Waals surface area (Å²) in [5.74, 6) is -1.32. The van der Waals surface area contributed by atoms with Gasteiger partial charge in [-0.3, -0.25) is 4.79 Å². The molecule has 0 saturated carbocycles. The number of hydrogen-bond donors (Lipinski definition) is 0. The van der Waals surface area contributed by atoms with Gasteiger partial charge >= 0.3 is 5.97 Å². The Bertz CT molecular complexity index is 1020. The molecular formula is C19H17Cl2NO6S. The molecule has 2 aromatic rings. The van der Waals surface area contributed by atoms with Gasteiger partial charge in [-0.15, -0.1) is 0 Å². The van der Waals surface area contributed by atoms with Crippen LogP contribution in [0.3, 0.4) is 0 Å². The van der Waals surface area contributed by atoms with Crippen LogP contribution < -0.4 is 0 Å². The summed E-state index contributed by atoms with van der Waals surface area (Å²) in [6.07, 6.45) is 0. The Kier molecular flexibility index (Phi) is 6.92. The lowest BCUT2D eigenvalue weighted by molar-refractivity contribution is 0.0474. The molecule has 7 nitrogen and oxygen atoms in total. The normalized spacial score (nSPS) is 15.1. The average molecular weight is 458 g/mol. The molecule has 0 amide bonds. The van der Waals surface area contributed by atoms with Crippen LogP contribution in [-0.4, -0.2) is 57.4 Å². The van der Waals surface area contributed by atoms with Crippen molar-refractivity contribution in [1.29, 1.82) is 0 Å². The van der Waals surface area contributed by atoms with E-state index in [1.54, 1.807) is 12.1 Å². The van der Waals surface area contributed by atoms with E-state index in [0.29, 0.717) is 23.8 Å². The molecular weight excluding hydrogens is 441 g/mol. The van der Waals surface area contributed by atoms with Gasteiger partial charge in [0.05, 0.1) is 28.7 Å². The van der Waals surface area contributed by atoms with Crippen LogP contribution in [-0.2, 0) is 19.5 Å². The highest BCUT2D eigenvalue weighted by molar-refractivity contribution is 7.89. The third-order valence-corrected chi connectivity index (χ3v) is 6.74. The Morgan fingerprint density at radius 3 is 2.34 bits per heavy atom. The van der Waals surface area contributed by atoms with Gasteiger partial charge in [0.2, 0.25) is 10.0 Å². The Morgan fingerprint density at radius 1 is 1.03 bits per heavy atom. The van der Waals surface area contributed by atoms with Crippen molar-refractivity contribution in [3.63, 3.8) is 0 Å². The van der Waals surface area contributed by atoms with Gasteiger partial charge in [0.1, 0.15) is 0 Å². The second kappa shape index (κ2) is 9.23. The molecule has 0 spiro atoms. The molecule has 0 atom stereocenters. The second-order valence-corrected chi connectivity index (χ2v) is 8.95. The van der Waals surface area contributed by atoms with Crippen molar-refractivity contribution in [3.8, 4) is 0 Å². The van der Waals surface area contributed by atoms with Gasteiger partial charge < -0.3 is 9.47 Å². The van der Waals surface area contributed by atoms with Crippen LogP contribution >= 0.6 is 23.2 Å². The van der Waals surface area contributed by atoms with E-state index in [-0.39, 0.29) is 28.6 Å². The van der Waals surface area contributed by atoms with Crippen molar-refractivity contribution in [1.82, 2.24) is 4.31 Å². The lowest BCUT2D eigenvalue weighted by atomic mass is 10.1. The van der Waals surface area contributed by atoms with Crippen LogP contribution in [0.4, 0.5) is 0 Å². The molecule has 0 unspecified atom stereocenters. The summed E-state index contributed by atoms with van der Waals surface area (Å²) in [5, 5.41) is 0.499. The zero-order valence-electron chi connectivity index (χ0n) is 15.1. The Balaban J connectivity index is 1.74. The largest absolute Gasteiger partial charge is 0.454 e. The zero-order valence-corrected chi connectivity index (χ0v) is 17.5. The topological polar surface area (TPSA) is 90.0 Å². The molecule has 2 aromatic carbocycles. The van der Waals surface area contributed by atoms with Crippen LogP contribution in [0.1, 0.15) is 20.7 Å². The average Bonchev–Trinajstić information content (AvgIpc) is 2.73. The first kappa shape index (κ1) is 21.7. The number of ether oxygens (including phenoxy) is 2. The Hall–Kier alpha value is -1.97. The van der Waals surface area contributed by atoms with Crippen molar-refractivity contribution in [2.45, 2.75) is 4.90 Å². The molecule has 0 aromatic heterocycles. The third-order valence-electron chi connectivity index (χ3n) is 4.27. The Morgan fingerprint density at radius 2 is 1.69 bits per heavy atom. The van der Waals surface area contributed by atoms with Crippen molar-refractivity contribution in [2.24, 2.45) is 0 Å². The maximum atomic E-state index is 12.8. The minimum Gasteiger partial charge on any atom is -0.454 e. The Labute approximate surface area is 178 Å². The van der Waals surface area contributed by atoms with Crippen molar-refractivity contribution >= 4 is 45.0 Å². The fourth-order valence-corrected chi connectivity index (χ4v) is 4.44. The van der Waals surface area contributed by atoms with Gasteiger partial charge in [-0.2, -0.15) is 4.31 Å². The molecule has 154 valence electrons. The highest BCUT2D eigenvalue weighted by atomic mass is 35.5. The molecule has 29 heavy (non-hydrogen) atoms. The van der Waals surface area contributed by atoms with Gasteiger partial charge in [-0.05, 0) is 42.5 Å². The fourth-order valence-electron chi connectivity index (χ4n) is 2.69. The van der Waals surface area contributed by atoms with Crippen LogP contribution in [0.2, 0.25) is 10.0 Å². The first-order chi connectivity index (χ1) is 13.8. The number of halogens is 2. The molecule has 1 heterocycles. The van der Waals surface area contributed by atoms with Crippen molar-refractivity contribution in [2.75, 3.05) is 32.9 Å². The van der Waals surface area contributed by atoms with Crippen LogP contribution in [0, 0.1) is 0 Å². The summed E-state index contributed by atoms with van der Waals surface area (Å²) in [7, 11) is -3.81. The van der Waals surface area contributed by atoms with Crippen LogP contribution in [0.25, 0.3) is 0 Å². The van der Waals surface area contributed by atoms with Crippen LogP contribution in [0.5, 0.6) is 0 Å². The summed E-state index contributed by atoms with van der Waals surface area (Å²) in [6, 6.07) is 9.92. The highest BCUT2D eigenvalue weighted by Crippen LogP contribution is 2.24. The van der Waals surface area contributed by atoms with E-state index < -0.39 is 28.4 Å². The van der Waals surface area contributed by atoms with Crippen molar-refractivity contribution in [3.05, 3.63) is 63.6 Å². The number of benzene rings is 2. The summed E-state index contributed by atoms with van der Waals surface area (Å²) in [6.45, 7) is 0.529. The highest BCUT2D eigenvalue weighted by Gasteiger charge is 2.28. The molecule has 0 radical (unpaired) electrons. The number of Topliss-reactive ketones (excluding diaryl/α,β-unsaturated/α-hetero) is 1. The van der Waals surface area contributed by atoms with Gasteiger partial charge in [-0.1, -0.05) is 23.2 Å². The lowest BCUT2D eigenvalue weighted by Crippen LogP contribution is -2.40. The molecule has 1 fully saturated rings. The molecule has 10 heteroatoms.